The normalized spacial score (nSPS) is 26.8. The largest absolute Gasteiger partial charge is 0.453 e. The number of allylic oxidation sites excluding steroid dienone is 1. The number of fused-ring (bicyclic) bond motifs is 1. The van der Waals surface area contributed by atoms with Crippen molar-refractivity contribution in [3.05, 3.63) is 83.2 Å². The number of aliphatic imine (C=N–C) groups is 2. The Hall–Kier alpha value is -2.80. The Kier molecular flexibility index (Phi) is 4.54. The Morgan fingerprint density at radius 3 is 2.79 bits per heavy atom. The molecule has 1 unspecified atom stereocenters. The minimum Gasteiger partial charge on any atom is -0.453 e. The van der Waals surface area contributed by atoms with Crippen LogP contribution in [0, 0.1) is 5.82 Å². The zero-order valence-electron chi connectivity index (χ0n) is 15.5. The van der Waals surface area contributed by atoms with E-state index in [9.17, 15) is 4.39 Å². The molecule has 2 aliphatic heterocycles. The Morgan fingerprint density at radius 2 is 1.97 bits per heavy atom. The second-order valence-corrected chi connectivity index (χ2v) is 7.80. The maximum Gasteiger partial charge on any atom is 0.219 e. The molecule has 0 radical (unpaired) electrons. The average molecular weight is 410 g/mol. The zero-order valence-corrected chi connectivity index (χ0v) is 16.3. The minimum atomic E-state index is -0.382. The quantitative estimate of drug-likeness (QED) is 0.683. The summed E-state index contributed by atoms with van der Waals surface area (Å²) in [5.74, 6) is 0.545. The Bertz CT molecular complexity index is 1070. The van der Waals surface area contributed by atoms with Gasteiger partial charge in [0.05, 0.1) is 29.7 Å². The van der Waals surface area contributed by atoms with Crippen molar-refractivity contribution >= 4 is 24.2 Å². The second-order valence-electron chi connectivity index (χ2n) is 7.39. The highest BCUT2D eigenvalue weighted by molar-refractivity contribution is 6.32. The van der Waals surface area contributed by atoms with Gasteiger partial charge in [0, 0.05) is 0 Å². The van der Waals surface area contributed by atoms with E-state index in [1.54, 1.807) is 42.6 Å². The van der Waals surface area contributed by atoms with Crippen molar-refractivity contribution < 1.29 is 13.7 Å². The van der Waals surface area contributed by atoms with E-state index in [1.165, 1.54) is 0 Å². The lowest BCUT2D eigenvalue weighted by atomic mass is 9.76. The van der Waals surface area contributed by atoms with E-state index in [4.69, 9.17) is 16.3 Å². The van der Waals surface area contributed by atoms with Crippen LogP contribution in [0.5, 0.6) is 11.5 Å². The number of ether oxygens (including phenoxy) is 1. The zero-order chi connectivity index (χ0) is 19.8. The van der Waals surface area contributed by atoms with Crippen LogP contribution in [0.3, 0.4) is 0 Å². The van der Waals surface area contributed by atoms with Gasteiger partial charge in [0.1, 0.15) is 11.9 Å². The SMILES string of the molecule is Fc1cc(C2CC(N[N+]34C=CN=CC3=CN=C4)C2)ccc1Oc1ccccc1Cl. The molecule has 29 heavy (non-hydrogen) atoms. The van der Waals surface area contributed by atoms with Gasteiger partial charge in [0.2, 0.25) is 6.34 Å². The van der Waals surface area contributed by atoms with E-state index in [2.05, 4.69) is 15.4 Å². The van der Waals surface area contributed by atoms with E-state index in [1.807, 2.05) is 31.0 Å². The number of quaternary nitrogens is 1. The van der Waals surface area contributed by atoms with Crippen LogP contribution in [0.4, 0.5) is 4.39 Å². The van der Waals surface area contributed by atoms with Gasteiger partial charge in [0.25, 0.3) is 0 Å². The molecular weight excluding hydrogens is 391 g/mol. The topological polar surface area (TPSA) is 46.0 Å². The molecule has 0 aromatic heterocycles. The summed E-state index contributed by atoms with van der Waals surface area (Å²) in [6.07, 6.45) is 11.1. The van der Waals surface area contributed by atoms with Gasteiger partial charge >= 0.3 is 0 Å². The summed E-state index contributed by atoms with van der Waals surface area (Å²) in [7, 11) is 0. The van der Waals surface area contributed by atoms with Gasteiger partial charge in [-0.15, -0.1) is 10.0 Å². The van der Waals surface area contributed by atoms with Crippen molar-refractivity contribution in [2.45, 2.75) is 24.8 Å². The van der Waals surface area contributed by atoms with E-state index in [-0.39, 0.29) is 11.6 Å². The smallest absolute Gasteiger partial charge is 0.219 e. The molecule has 0 saturated heterocycles. The molecule has 1 saturated carbocycles. The van der Waals surface area contributed by atoms with Gasteiger partial charge in [-0.25, -0.2) is 9.38 Å². The number of para-hydroxylation sites is 1. The summed E-state index contributed by atoms with van der Waals surface area (Å²) >= 11 is 6.09. The maximum absolute atomic E-state index is 14.6. The first-order valence-corrected chi connectivity index (χ1v) is 9.85. The molecule has 146 valence electrons. The first-order valence-electron chi connectivity index (χ1n) is 9.47. The van der Waals surface area contributed by atoms with Crippen LogP contribution in [-0.4, -0.2) is 23.2 Å². The van der Waals surface area contributed by atoms with Gasteiger partial charge < -0.3 is 4.74 Å². The number of hydrogen-bond acceptors (Lipinski definition) is 4. The molecule has 3 aliphatic rings. The van der Waals surface area contributed by atoms with Gasteiger partial charge in [0.15, 0.2) is 17.3 Å². The highest BCUT2D eigenvalue weighted by Gasteiger charge is 2.41. The monoisotopic (exact) mass is 409 g/mol. The second kappa shape index (κ2) is 7.22. The lowest BCUT2D eigenvalue weighted by Gasteiger charge is -2.40. The molecule has 0 amide bonds. The average Bonchev–Trinajstić information content (AvgIpc) is 3.11. The minimum absolute atomic E-state index is 0.176. The van der Waals surface area contributed by atoms with Crippen LogP contribution in [-0.2, 0) is 0 Å². The van der Waals surface area contributed by atoms with Gasteiger partial charge in [-0.1, -0.05) is 29.8 Å². The lowest BCUT2D eigenvalue weighted by Crippen LogP contribution is -2.58. The van der Waals surface area contributed by atoms with Crippen molar-refractivity contribution in [1.82, 2.24) is 5.43 Å². The van der Waals surface area contributed by atoms with Crippen molar-refractivity contribution in [3.8, 4) is 11.5 Å². The maximum atomic E-state index is 14.6. The fourth-order valence-corrected chi connectivity index (χ4v) is 4.02. The number of rotatable bonds is 5. The lowest BCUT2D eigenvalue weighted by molar-refractivity contribution is -0.788. The third-order valence-electron chi connectivity index (χ3n) is 5.50. The predicted octanol–water partition coefficient (Wildman–Crippen LogP) is 5.28. The number of benzene rings is 2. The van der Waals surface area contributed by atoms with Crippen LogP contribution in [0.2, 0.25) is 5.02 Å². The van der Waals surface area contributed by atoms with E-state index >= 15 is 0 Å². The van der Waals surface area contributed by atoms with Crippen LogP contribution in [0.25, 0.3) is 0 Å². The molecule has 5 nitrogen and oxygen atoms in total. The Balaban J connectivity index is 1.23. The van der Waals surface area contributed by atoms with E-state index in [0.29, 0.717) is 27.3 Å². The number of nitrogens with zero attached hydrogens (tertiary/aromatic N) is 3. The van der Waals surface area contributed by atoms with Crippen molar-refractivity contribution in [2.24, 2.45) is 9.98 Å². The number of halogens is 2. The summed E-state index contributed by atoms with van der Waals surface area (Å²) in [4.78, 5) is 8.42. The van der Waals surface area contributed by atoms with Crippen LogP contribution in [0.15, 0.2) is 76.7 Å². The molecule has 2 aromatic rings. The molecule has 1 N–H and O–H groups in total. The highest BCUT2D eigenvalue weighted by atomic mass is 35.5. The van der Waals surface area contributed by atoms with Gasteiger partial charge in [-0.3, -0.25) is 4.99 Å². The van der Waals surface area contributed by atoms with Gasteiger partial charge in [-0.2, -0.15) is 0 Å². The van der Waals surface area contributed by atoms with E-state index < -0.39 is 0 Å². The van der Waals surface area contributed by atoms with Crippen molar-refractivity contribution in [3.63, 3.8) is 0 Å². The fourth-order valence-electron chi connectivity index (χ4n) is 3.84. The number of hydrogen-bond donors (Lipinski definition) is 1. The van der Waals surface area contributed by atoms with Crippen LogP contribution < -0.4 is 10.2 Å². The molecule has 2 heterocycles. The molecule has 1 atom stereocenters. The van der Waals surface area contributed by atoms with E-state index in [0.717, 1.165) is 24.1 Å². The fraction of sp³-hybridized carbons (Fsp3) is 0.182. The van der Waals surface area contributed by atoms with Crippen molar-refractivity contribution in [2.75, 3.05) is 0 Å². The standard InChI is InChI=1S/C22H19ClFN4O/c23-19-3-1-2-4-21(19)29-22-6-5-15(11-20(22)24)16-9-17(10-16)27-28-8-7-25-12-18(28)13-26-14-28/h1-8,11-14,16-17,27H,9-10H2/q+1. The number of nitrogens with one attached hydrogen (secondary N) is 1. The molecule has 0 spiro atoms. The highest BCUT2D eigenvalue weighted by Crippen LogP contribution is 2.40. The molecule has 2 aromatic carbocycles. The third-order valence-corrected chi connectivity index (χ3v) is 5.81. The third kappa shape index (κ3) is 3.40. The first-order chi connectivity index (χ1) is 14.1. The van der Waals surface area contributed by atoms with Crippen molar-refractivity contribution in [1.29, 1.82) is 0 Å². The predicted molar refractivity (Wildman–Crippen MR) is 111 cm³/mol. The summed E-state index contributed by atoms with van der Waals surface area (Å²) < 4.78 is 20.6. The summed E-state index contributed by atoms with van der Waals surface area (Å²) in [6, 6.07) is 12.5. The summed E-state index contributed by atoms with van der Waals surface area (Å²) in [5, 5.41) is 0.451. The Morgan fingerprint density at radius 1 is 1.10 bits per heavy atom. The molecule has 0 bridgehead atoms. The molecule has 5 rings (SSSR count). The summed E-state index contributed by atoms with van der Waals surface area (Å²) in [5.41, 5.74) is 5.57. The Labute approximate surface area is 173 Å². The molecule has 7 heteroatoms. The molecule has 1 aliphatic carbocycles. The van der Waals surface area contributed by atoms with Crippen LogP contribution in [0.1, 0.15) is 24.3 Å². The molecular formula is C22H19ClFN4O+. The first kappa shape index (κ1) is 18.2. The summed E-state index contributed by atoms with van der Waals surface area (Å²) in [6.45, 7) is 0. The van der Waals surface area contributed by atoms with Crippen LogP contribution >= 0.6 is 11.6 Å². The molecule has 1 fully saturated rings. The van der Waals surface area contributed by atoms with Gasteiger partial charge in [-0.05, 0) is 48.6 Å².